The topological polar surface area (TPSA) is 123 Å². The van der Waals surface area contributed by atoms with Gasteiger partial charge in [0.15, 0.2) is 5.78 Å². The van der Waals surface area contributed by atoms with Crippen molar-refractivity contribution in [2.75, 3.05) is 19.0 Å². The SMILES string of the molecule is CCCCCC(=O)Nc1ccc(OC)c(C(=O)N[C@H](CCCN=C(C)N)C(C)=O)c1. The van der Waals surface area contributed by atoms with E-state index in [0.29, 0.717) is 43.1 Å². The molecule has 1 aromatic rings. The van der Waals surface area contributed by atoms with Crippen molar-refractivity contribution in [2.45, 2.75) is 65.3 Å². The van der Waals surface area contributed by atoms with E-state index in [9.17, 15) is 14.4 Å². The van der Waals surface area contributed by atoms with Crippen LogP contribution in [0.2, 0.25) is 0 Å². The number of methoxy groups -OCH3 is 1. The van der Waals surface area contributed by atoms with Crippen LogP contribution in [0, 0.1) is 0 Å². The molecule has 2 amide bonds. The first-order valence-electron chi connectivity index (χ1n) is 10.3. The highest BCUT2D eigenvalue weighted by atomic mass is 16.5. The number of hydrogen-bond acceptors (Lipinski definition) is 5. The highest BCUT2D eigenvalue weighted by molar-refractivity contribution is 6.01. The first-order chi connectivity index (χ1) is 14.3. The Hall–Kier alpha value is -2.90. The zero-order valence-corrected chi connectivity index (χ0v) is 18.4. The fourth-order valence-electron chi connectivity index (χ4n) is 2.89. The van der Waals surface area contributed by atoms with Crippen LogP contribution in [0.5, 0.6) is 5.75 Å². The molecule has 166 valence electrons. The fourth-order valence-corrected chi connectivity index (χ4v) is 2.89. The standard InChI is InChI=1S/C22H34N4O4/c1-5-6-7-10-21(28)25-17-11-12-20(30-4)18(14-17)22(29)26-19(15(2)27)9-8-13-24-16(3)23/h11-12,14,19H,5-10,13H2,1-4H3,(H2,23,24)(H,25,28)(H,26,29)/t19-/m1/s1. The molecule has 0 spiro atoms. The lowest BCUT2D eigenvalue weighted by Gasteiger charge is -2.17. The van der Waals surface area contributed by atoms with Crippen molar-refractivity contribution in [1.29, 1.82) is 0 Å². The van der Waals surface area contributed by atoms with Gasteiger partial charge in [-0.15, -0.1) is 0 Å². The Kier molecular flexibility index (Phi) is 11.2. The smallest absolute Gasteiger partial charge is 0.255 e. The van der Waals surface area contributed by atoms with E-state index >= 15 is 0 Å². The lowest BCUT2D eigenvalue weighted by atomic mass is 10.1. The second-order valence-corrected chi connectivity index (χ2v) is 7.22. The number of unbranched alkanes of at least 4 members (excludes halogenated alkanes) is 2. The summed E-state index contributed by atoms with van der Waals surface area (Å²) in [6, 6.07) is 4.23. The molecule has 30 heavy (non-hydrogen) atoms. The Morgan fingerprint density at radius 1 is 1.17 bits per heavy atom. The van der Waals surface area contributed by atoms with Crippen LogP contribution in [0.15, 0.2) is 23.2 Å². The third-order valence-electron chi connectivity index (χ3n) is 4.54. The fraction of sp³-hybridized carbons (Fsp3) is 0.545. The summed E-state index contributed by atoms with van der Waals surface area (Å²) in [5, 5.41) is 5.57. The minimum atomic E-state index is -0.636. The third kappa shape index (κ3) is 9.07. The molecule has 0 bridgehead atoms. The number of nitrogens with two attached hydrogens (primary N) is 1. The number of hydrogen-bond donors (Lipinski definition) is 3. The monoisotopic (exact) mass is 418 g/mol. The van der Waals surface area contributed by atoms with E-state index in [0.717, 1.165) is 19.3 Å². The Morgan fingerprint density at radius 3 is 2.50 bits per heavy atom. The second-order valence-electron chi connectivity index (χ2n) is 7.22. The van der Waals surface area contributed by atoms with E-state index in [1.807, 2.05) is 0 Å². The van der Waals surface area contributed by atoms with Gasteiger partial charge < -0.3 is 21.1 Å². The molecule has 0 aromatic heterocycles. The quantitative estimate of drug-likeness (QED) is 0.258. The maximum atomic E-state index is 12.8. The van der Waals surface area contributed by atoms with Crippen LogP contribution in [0.25, 0.3) is 0 Å². The Bertz CT molecular complexity index is 758. The first-order valence-corrected chi connectivity index (χ1v) is 10.3. The second kappa shape index (κ2) is 13.3. The predicted octanol–water partition coefficient (Wildman–Crippen LogP) is 3.06. The zero-order chi connectivity index (χ0) is 22.5. The molecule has 4 N–H and O–H groups in total. The van der Waals surface area contributed by atoms with Gasteiger partial charge in [0.1, 0.15) is 5.75 Å². The summed E-state index contributed by atoms with van der Waals surface area (Å²) in [5.41, 5.74) is 6.27. The normalized spacial score (nSPS) is 12.2. The van der Waals surface area contributed by atoms with Crippen LogP contribution in [-0.2, 0) is 9.59 Å². The maximum absolute atomic E-state index is 12.8. The van der Waals surface area contributed by atoms with Gasteiger partial charge in [-0.2, -0.15) is 0 Å². The van der Waals surface area contributed by atoms with Gasteiger partial charge in [0.25, 0.3) is 5.91 Å². The number of amides is 2. The first kappa shape index (κ1) is 25.1. The molecule has 8 nitrogen and oxygen atoms in total. The van der Waals surface area contributed by atoms with Gasteiger partial charge in [0.05, 0.1) is 24.6 Å². The van der Waals surface area contributed by atoms with Gasteiger partial charge in [-0.25, -0.2) is 0 Å². The number of anilines is 1. The number of ether oxygens (including phenoxy) is 1. The molecule has 0 saturated carbocycles. The van der Waals surface area contributed by atoms with Crippen molar-refractivity contribution in [3.8, 4) is 5.75 Å². The molecule has 1 rings (SSSR count). The van der Waals surface area contributed by atoms with Crippen LogP contribution in [0.1, 0.15) is 69.7 Å². The van der Waals surface area contributed by atoms with Gasteiger partial charge in [-0.3, -0.25) is 19.4 Å². The lowest BCUT2D eigenvalue weighted by molar-refractivity contribution is -0.119. The van der Waals surface area contributed by atoms with Gasteiger partial charge in [0, 0.05) is 18.7 Å². The van der Waals surface area contributed by atoms with Gasteiger partial charge in [0.2, 0.25) is 5.91 Å². The van der Waals surface area contributed by atoms with Crippen LogP contribution in [0.3, 0.4) is 0 Å². The van der Waals surface area contributed by atoms with Crippen molar-refractivity contribution in [2.24, 2.45) is 10.7 Å². The van der Waals surface area contributed by atoms with E-state index in [-0.39, 0.29) is 17.3 Å². The summed E-state index contributed by atoms with van der Waals surface area (Å²) < 4.78 is 5.28. The van der Waals surface area contributed by atoms with Crippen molar-refractivity contribution >= 4 is 29.1 Å². The molecule has 0 radical (unpaired) electrons. The lowest BCUT2D eigenvalue weighted by Crippen LogP contribution is -2.40. The van der Waals surface area contributed by atoms with Gasteiger partial charge in [-0.1, -0.05) is 19.8 Å². The Balaban J connectivity index is 2.85. The number of nitrogens with zero attached hydrogens (tertiary/aromatic N) is 1. The van der Waals surface area contributed by atoms with Gasteiger partial charge in [-0.05, 0) is 51.3 Å². The molecule has 0 saturated heterocycles. The van der Waals surface area contributed by atoms with Crippen LogP contribution in [0.4, 0.5) is 5.69 Å². The number of ketones is 1. The number of nitrogens with one attached hydrogen (secondary N) is 2. The van der Waals surface area contributed by atoms with E-state index in [2.05, 4.69) is 22.5 Å². The van der Waals surface area contributed by atoms with Crippen molar-refractivity contribution in [3.05, 3.63) is 23.8 Å². The molecular formula is C22H34N4O4. The van der Waals surface area contributed by atoms with E-state index < -0.39 is 11.9 Å². The average molecular weight is 419 g/mol. The molecule has 1 aromatic carbocycles. The highest BCUT2D eigenvalue weighted by Crippen LogP contribution is 2.23. The summed E-state index contributed by atoms with van der Waals surface area (Å²) >= 11 is 0. The molecule has 1 atom stereocenters. The van der Waals surface area contributed by atoms with Crippen LogP contribution < -0.4 is 21.1 Å². The molecule has 0 unspecified atom stereocenters. The highest BCUT2D eigenvalue weighted by Gasteiger charge is 2.20. The van der Waals surface area contributed by atoms with Crippen LogP contribution >= 0.6 is 0 Å². The largest absolute Gasteiger partial charge is 0.496 e. The molecule has 0 aliphatic carbocycles. The van der Waals surface area contributed by atoms with Crippen molar-refractivity contribution in [3.63, 3.8) is 0 Å². The molecule has 0 aliphatic rings. The van der Waals surface area contributed by atoms with Gasteiger partial charge >= 0.3 is 0 Å². The summed E-state index contributed by atoms with van der Waals surface area (Å²) in [6.07, 6.45) is 4.35. The average Bonchev–Trinajstić information content (AvgIpc) is 2.69. The number of carbonyl (C=O) groups excluding carboxylic acids is 3. The molecule has 8 heteroatoms. The minimum absolute atomic E-state index is 0.0997. The molecule has 0 aliphatic heterocycles. The minimum Gasteiger partial charge on any atom is -0.496 e. The third-order valence-corrected chi connectivity index (χ3v) is 4.54. The number of amidine groups is 1. The van der Waals surface area contributed by atoms with E-state index in [1.165, 1.54) is 14.0 Å². The molecule has 0 fully saturated rings. The van der Waals surface area contributed by atoms with Crippen LogP contribution in [-0.4, -0.2) is 43.1 Å². The van der Waals surface area contributed by atoms with Crippen molar-refractivity contribution in [1.82, 2.24) is 5.32 Å². The van der Waals surface area contributed by atoms with E-state index in [1.54, 1.807) is 25.1 Å². The molecular weight excluding hydrogens is 384 g/mol. The summed E-state index contributed by atoms with van der Waals surface area (Å²) in [7, 11) is 1.46. The summed E-state index contributed by atoms with van der Waals surface area (Å²) in [5.74, 6) is 0.167. The number of benzene rings is 1. The Morgan fingerprint density at radius 2 is 1.90 bits per heavy atom. The maximum Gasteiger partial charge on any atom is 0.255 e. The predicted molar refractivity (Wildman–Crippen MR) is 119 cm³/mol. The molecule has 0 heterocycles. The van der Waals surface area contributed by atoms with E-state index in [4.69, 9.17) is 10.5 Å². The zero-order valence-electron chi connectivity index (χ0n) is 18.4. The number of Topliss-reactive ketones (excluding diaryl/α,β-unsaturated/α-hetero) is 1. The summed E-state index contributed by atoms with van der Waals surface area (Å²) in [4.78, 5) is 41.0. The van der Waals surface area contributed by atoms with Crippen molar-refractivity contribution < 1.29 is 19.1 Å². The summed E-state index contributed by atoms with van der Waals surface area (Å²) in [6.45, 7) is 5.70. The number of rotatable bonds is 13. The number of aliphatic imine (C=N–C) groups is 1. The Labute approximate surface area is 178 Å². The number of carbonyl (C=O) groups is 3.